The van der Waals surface area contributed by atoms with E-state index < -0.39 is 11.7 Å². The number of nitrogens with two attached hydrogens (primary N) is 2. The van der Waals surface area contributed by atoms with Crippen molar-refractivity contribution in [1.82, 2.24) is 9.97 Å². The molecule has 1 aromatic carbocycles. The number of nitrogens with one attached hydrogen (secondary N) is 2. The Labute approximate surface area is 147 Å². The highest BCUT2D eigenvalue weighted by Gasteiger charge is 2.16. The number of pyridine rings is 1. The van der Waals surface area contributed by atoms with Crippen LogP contribution < -0.4 is 22.1 Å². The Morgan fingerprint density at radius 1 is 1.28 bits per heavy atom. The molecule has 0 radical (unpaired) electrons. The van der Waals surface area contributed by atoms with Gasteiger partial charge in [-0.05, 0) is 31.2 Å². The van der Waals surface area contributed by atoms with Gasteiger partial charge in [0.1, 0.15) is 5.82 Å². The molecule has 0 atom stereocenters. The fraction of sp³-hybridized carbons (Fsp3) is 0.188. The molecule has 1 amide bonds. The van der Waals surface area contributed by atoms with Gasteiger partial charge in [-0.2, -0.15) is 0 Å². The van der Waals surface area contributed by atoms with Gasteiger partial charge in [0, 0.05) is 18.8 Å². The van der Waals surface area contributed by atoms with Crippen molar-refractivity contribution >= 4 is 44.8 Å². The number of rotatable bonds is 6. The number of amides is 1. The van der Waals surface area contributed by atoms with Crippen LogP contribution in [0.15, 0.2) is 24.3 Å². The first-order chi connectivity index (χ1) is 12.0. The van der Waals surface area contributed by atoms with Crippen molar-refractivity contribution in [3.05, 3.63) is 40.7 Å². The molecule has 3 rings (SSSR count). The number of anilines is 3. The largest absolute Gasteiger partial charge is 0.366 e. The summed E-state index contributed by atoms with van der Waals surface area (Å²) in [6, 6.07) is 6.63. The van der Waals surface area contributed by atoms with Crippen molar-refractivity contribution in [2.75, 3.05) is 23.7 Å². The zero-order valence-electron chi connectivity index (χ0n) is 13.5. The monoisotopic (exact) mass is 360 g/mol. The van der Waals surface area contributed by atoms with E-state index in [0.717, 1.165) is 21.3 Å². The predicted octanol–water partition coefficient (Wildman–Crippen LogP) is 2.35. The molecule has 7 nitrogen and oxygen atoms in total. The molecule has 130 valence electrons. The lowest BCUT2D eigenvalue weighted by Gasteiger charge is -2.13. The van der Waals surface area contributed by atoms with Crippen molar-refractivity contribution in [3.8, 4) is 0 Å². The lowest BCUT2D eigenvalue weighted by molar-refractivity contribution is 0.100. The van der Waals surface area contributed by atoms with Gasteiger partial charge in [-0.25, -0.2) is 14.4 Å². The van der Waals surface area contributed by atoms with Gasteiger partial charge in [-0.15, -0.1) is 11.3 Å². The van der Waals surface area contributed by atoms with Crippen molar-refractivity contribution in [2.24, 2.45) is 11.5 Å². The number of carbonyl (C=O) groups excluding carboxylic acids is 1. The third-order valence-corrected chi connectivity index (χ3v) is 4.37. The Morgan fingerprint density at radius 2 is 2.08 bits per heavy atom. The smallest absolute Gasteiger partial charge is 0.252 e. The van der Waals surface area contributed by atoms with E-state index in [1.54, 1.807) is 11.3 Å². The van der Waals surface area contributed by atoms with Gasteiger partial charge in [0.05, 0.1) is 20.8 Å². The Hall–Kier alpha value is -2.78. The number of aryl methyl sites for hydroxylation is 1. The number of benzene rings is 1. The number of aromatic nitrogens is 2. The van der Waals surface area contributed by atoms with Crippen LogP contribution >= 0.6 is 11.3 Å². The van der Waals surface area contributed by atoms with Crippen LogP contribution in [0, 0.1) is 12.7 Å². The summed E-state index contributed by atoms with van der Waals surface area (Å²) in [5.74, 6) is -1.25. The van der Waals surface area contributed by atoms with E-state index in [0.29, 0.717) is 18.8 Å². The highest BCUT2D eigenvalue weighted by molar-refractivity contribution is 7.18. The fourth-order valence-electron chi connectivity index (χ4n) is 2.34. The molecule has 0 aliphatic carbocycles. The Morgan fingerprint density at radius 3 is 2.80 bits per heavy atom. The minimum atomic E-state index is -0.769. The van der Waals surface area contributed by atoms with E-state index in [-0.39, 0.29) is 17.2 Å². The number of nitrogens with zero attached hydrogens (tertiary/aromatic N) is 2. The van der Waals surface area contributed by atoms with Crippen LogP contribution in [0.2, 0.25) is 0 Å². The molecular weight excluding hydrogens is 343 g/mol. The summed E-state index contributed by atoms with van der Waals surface area (Å²) in [4.78, 5) is 20.2. The number of primary amides is 1. The van der Waals surface area contributed by atoms with E-state index in [9.17, 15) is 9.18 Å². The zero-order valence-corrected chi connectivity index (χ0v) is 14.3. The maximum atomic E-state index is 14.1. The molecule has 0 aliphatic rings. The molecule has 0 unspecified atom stereocenters. The van der Waals surface area contributed by atoms with Crippen LogP contribution in [0.25, 0.3) is 10.2 Å². The minimum absolute atomic E-state index is 0.00710. The highest BCUT2D eigenvalue weighted by atomic mass is 32.1. The van der Waals surface area contributed by atoms with Gasteiger partial charge in [-0.3, -0.25) is 4.79 Å². The number of fused-ring (bicyclic) bond motifs is 1. The van der Waals surface area contributed by atoms with E-state index in [4.69, 9.17) is 11.5 Å². The molecule has 0 saturated carbocycles. The number of carbonyl (C=O) groups is 1. The molecule has 9 heteroatoms. The summed E-state index contributed by atoms with van der Waals surface area (Å²) < 4.78 is 15.0. The van der Waals surface area contributed by atoms with Crippen LogP contribution in [-0.4, -0.2) is 29.0 Å². The molecule has 6 N–H and O–H groups in total. The summed E-state index contributed by atoms with van der Waals surface area (Å²) in [5, 5.41) is 6.76. The summed E-state index contributed by atoms with van der Waals surface area (Å²) >= 11 is 1.55. The SMILES string of the molecule is Cc1nc2ccc(Nc3nc(NCCN)c(F)cc3C(N)=O)cc2s1. The third-order valence-electron chi connectivity index (χ3n) is 3.44. The maximum absolute atomic E-state index is 14.1. The quantitative estimate of drug-likeness (QED) is 0.536. The maximum Gasteiger partial charge on any atom is 0.252 e. The molecule has 0 bridgehead atoms. The summed E-state index contributed by atoms with van der Waals surface area (Å²) in [6.07, 6.45) is 0. The molecule has 0 spiro atoms. The lowest BCUT2D eigenvalue weighted by Crippen LogP contribution is -2.18. The number of hydrogen-bond donors (Lipinski definition) is 4. The molecule has 2 heterocycles. The Balaban J connectivity index is 1.99. The van der Waals surface area contributed by atoms with Crippen LogP contribution in [0.4, 0.5) is 21.7 Å². The topological polar surface area (TPSA) is 119 Å². The summed E-state index contributed by atoms with van der Waals surface area (Å²) in [7, 11) is 0. The van der Waals surface area contributed by atoms with Gasteiger partial charge in [0.15, 0.2) is 11.6 Å². The number of thiazole rings is 1. The van der Waals surface area contributed by atoms with Crippen LogP contribution in [0.1, 0.15) is 15.4 Å². The molecule has 25 heavy (non-hydrogen) atoms. The second-order valence-corrected chi connectivity index (χ2v) is 6.57. The van der Waals surface area contributed by atoms with E-state index >= 15 is 0 Å². The average molecular weight is 360 g/mol. The standard InChI is InChI=1S/C16H17FN6OS/c1-8-21-12-3-2-9(6-13(12)25-8)22-15-10(14(19)24)7-11(17)16(23-15)20-5-4-18/h2-3,6-7H,4-5,18H2,1H3,(H2,19,24)(H2,20,22,23). The fourth-order valence-corrected chi connectivity index (χ4v) is 3.21. The summed E-state index contributed by atoms with van der Waals surface area (Å²) in [5.41, 5.74) is 12.3. The van der Waals surface area contributed by atoms with Gasteiger partial charge in [0.2, 0.25) is 0 Å². The van der Waals surface area contributed by atoms with Gasteiger partial charge in [0.25, 0.3) is 5.91 Å². The average Bonchev–Trinajstić information content (AvgIpc) is 2.94. The van der Waals surface area contributed by atoms with Gasteiger partial charge < -0.3 is 22.1 Å². The number of halogens is 1. The van der Waals surface area contributed by atoms with Gasteiger partial charge >= 0.3 is 0 Å². The van der Waals surface area contributed by atoms with Crippen LogP contribution in [0.3, 0.4) is 0 Å². The van der Waals surface area contributed by atoms with Crippen LogP contribution in [-0.2, 0) is 0 Å². The highest BCUT2D eigenvalue weighted by Crippen LogP contribution is 2.28. The lowest BCUT2D eigenvalue weighted by atomic mass is 10.2. The predicted molar refractivity (Wildman–Crippen MR) is 97.9 cm³/mol. The van der Waals surface area contributed by atoms with Gasteiger partial charge in [-0.1, -0.05) is 0 Å². The second-order valence-electron chi connectivity index (χ2n) is 5.34. The van der Waals surface area contributed by atoms with Crippen molar-refractivity contribution in [3.63, 3.8) is 0 Å². The first kappa shape index (κ1) is 17.1. The van der Waals surface area contributed by atoms with E-state index in [1.807, 2.05) is 25.1 Å². The third kappa shape index (κ3) is 3.67. The number of hydrogen-bond acceptors (Lipinski definition) is 7. The molecule has 0 saturated heterocycles. The van der Waals surface area contributed by atoms with Crippen molar-refractivity contribution in [1.29, 1.82) is 0 Å². The first-order valence-corrected chi connectivity index (χ1v) is 8.38. The van der Waals surface area contributed by atoms with Crippen LogP contribution in [0.5, 0.6) is 0 Å². The van der Waals surface area contributed by atoms with Crippen molar-refractivity contribution in [2.45, 2.75) is 6.92 Å². The Bertz CT molecular complexity index is 942. The normalized spacial score (nSPS) is 10.8. The molecule has 0 aliphatic heterocycles. The Kier molecular flexibility index (Phi) is 4.77. The minimum Gasteiger partial charge on any atom is -0.366 e. The first-order valence-electron chi connectivity index (χ1n) is 7.56. The van der Waals surface area contributed by atoms with E-state index in [2.05, 4.69) is 20.6 Å². The molecule has 0 fully saturated rings. The molecule has 3 aromatic rings. The summed E-state index contributed by atoms with van der Waals surface area (Å²) in [6.45, 7) is 2.61. The zero-order chi connectivity index (χ0) is 18.0. The van der Waals surface area contributed by atoms with E-state index in [1.165, 1.54) is 0 Å². The second kappa shape index (κ2) is 6.99. The molecular formula is C16H17FN6OS. The molecule has 2 aromatic heterocycles. The van der Waals surface area contributed by atoms with Crippen molar-refractivity contribution < 1.29 is 9.18 Å².